The molecule has 1 N–H and O–H groups in total. The topological polar surface area (TPSA) is 55.4 Å². The second kappa shape index (κ2) is 7.45. The Bertz CT molecular complexity index is 887. The molecule has 0 aliphatic carbocycles. The molecular weight excluding hydrogens is 314 g/mol. The highest BCUT2D eigenvalue weighted by molar-refractivity contribution is 6.06. The molecule has 25 heavy (non-hydrogen) atoms. The first-order chi connectivity index (χ1) is 12.1. The number of carbonyl (C=O) groups excluding carboxylic acids is 2. The van der Waals surface area contributed by atoms with E-state index in [0.29, 0.717) is 11.3 Å². The Morgan fingerprint density at radius 1 is 0.760 bits per heavy atom. The molecule has 0 aliphatic heterocycles. The first-order valence-electron chi connectivity index (χ1n) is 7.88. The number of ether oxygens (including phenoxy) is 1. The molecule has 4 nitrogen and oxygen atoms in total. The van der Waals surface area contributed by atoms with E-state index in [4.69, 9.17) is 4.74 Å². The third-order valence-electron chi connectivity index (χ3n) is 3.64. The molecule has 0 aromatic heterocycles. The lowest BCUT2D eigenvalue weighted by molar-refractivity contribution is -0.131. The second-order valence-corrected chi connectivity index (χ2v) is 5.49. The lowest BCUT2D eigenvalue weighted by Crippen LogP contribution is -2.14. The minimum absolute atomic E-state index is 0.244. The number of esters is 1. The fourth-order valence-corrected chi connectivity index (χ4v) is 2.47. The first-order valence-corrected chi connectivity index (χ1v) is 7.88. The van der Waals surface area contributed by atoms with Gasteiger partial charge in [0.1, 0.15) is 5.75 Å². The summed E-state index contributed by atoms with van der Waals surface area (Å²) in [5, 5.41) is 2.82. The Morgan fingerprint density at radius 3 is 2.04 bits per heavy atom. The van der Waals surface area contributed by atoms with Crippen molar-refractivity contribution in [3.05, 3.63) is 84.4 Å². The summed E-state index contributed by atoms with van der Waals surface area (Å²) in [5.74, 6) is -0.551. The van der Waals surface area contributed by atoms with Crippen molar-refractivity contribution in [2.24, 2.45) is 0 Å². The molecular formula is C21H17NO3. The van der Waals surface area contributed by atoms with E-state index in [-0.39, 0.29) is 11.7 Å². The minimum Gasteiger partial charge on any atom is -0.426 e. The molecule has 0 bridgehead atoms. The van der Waals surface area contributed by atoms with Crippen LogP contribution in [0, 0.1) is 0 Å². The van der Waals surface area contributed by atoms with Gasteiger partial charge in [0.05, 0.1) is 5.56 Å². The van der Waals surface area contributed by atoms with E-state index in [9.17, 15) is 9.59 Å². The molecule has 0 unspecified atom stereocenters. The molecule has 4 heteroatoms. The average Bonchev–Trinajstić information content (AvgIpc) is 2.63. The molecule has 0 radical (unpaired) electrons. The van der Waals surface area contributed by atoms with Gasteiger partial charge in [0.25, 0.3) is 5.91 Å². The van der Waals surface area contributed by atoms with Crippen LogP contribution in [0.25, 0.3) is 11.1 Å². The lowest BCUT2D eigenvalue weighted by atomic mass is 10.1. The zero-order valence-corrected chi connectivity index (χ0v) is 13.7. The van der Waals surface area contributed by atoms with E-state index in [1.165, 1.54) is 6.92 Å². The molecule has 0 aliphatic rings. The smallest absolute Gasteiger partial charge is 0.308 e. The zero-order valence-electron chi connectivity index (χ0n) is 13.7. The maximum absolute atomic E-state index is 12.5. The van der Waals surface area contributed by atoms with Gasteiger partial charge in [-0.25, -0.2) is 0 Å². The van der Waals surface area contributed by atoms with Crippen LogP contribution < -0.4 is 10.1 Å². The van der Waals surface area contributed by atoms with E-state index in [0.717, 1.165) is 11.1 Å². The van der Waals surface area contributed by atoms with E-state index < -0.39 is 5.97 Å². The van der Waals surface area contributed by atoms with Crippen LogP contribution in [0.5, 0.6) is 5.75 Å². The quantitative estimate of drug-likeness (QED) is 0.564. The number of nitrogens with one attached hydrogen (secondary N) is 1. The Hall–Kier alpha value is -3.40. The number of benzene rings is 3. The maximum atomic E-state index is 12.5. The number of hydrogen-bond donors (Lipinski definition) is 1. The predicted molar refractivity (Wildman–Crippen MR) is 97.6 cm³/mol. The summed E-state index contributed by atoms with van der Waals surface area (Å²) < 4.78 is 5.08. The Balaban J connectivity index is 1.77. The van der Waals surface area contributed by atoms with E-state index in [2.05, 4.69) is 5.32 Å². The lowest BCUT2D eigenvalue weighted by Gasteiger charge is -2.10. The van der Waals surface area contributed by atoms with Crippen LogP contribution in [0.1, 0.15) is 17.3 Å². The fraction of sp³-hybridized carbons (Fsp3) is 0.0476. The Kier molecular flexibility index (Phi) is 4.90. The highest BCUT2D eigenvalue weighted by Gasteiger charge is 2.13. The highest BCUT2D eigenvalue weighted by atomic mass is 16.5. The minimum atomic E-state index is -0.465. The van der Waals surface area contributed by atoms with Crippen LogP contribution in [-0.2, 0) is 4.79 Å². The average molecular weight is 331 g/mol. The van der Waals surface area contributed by atoms with Gasteiger partial charge in [0.15, 0.2) is 0 Å². The number of anilines is 1. The number of carbonyl (C=O) groups is 2. The maximum Gasteiger partial charge on any atom is 0.308 e. The number of rotatable bonds is 4. The Labute approximate surface area is 146 Å². The molecule has 3 rings (SSSR count). The number of hydrogen-bond acceptors (Lipinski definition) is 3. The van der Waals surface area contributed by atoms with Gasteiger partial charge >= 0.3 is 5.97 Å². The molecule has 124 valence electrons. The third-order valence-corrected chi connectivity index (χ3v) is 3.64. The molecule has 0 heterocycles. The molecule has 3 aromatic rings. The summed E-state index contributed by atoms with van der Waals surface area (Å²) in [6.45, 7) is 1.30. The van der Waals surface area contributed by atoms with Gasteiger partial charge in [-0.1, -0.05) is 54.6 Å². The van der Waals surface area contributed by atoms with Crippen molar-refractivity contribution in [3.63, 3.8) is 0 Å². The highest BCUT2D eigenvalue weighted by Crippen LogP contribution is 2.23. The second-order valence-electron chi connectivity index (χ2n) is 5.49. The monoisotopic (exact) mass is 331 g/mol. The molecule has 0 saturated carbocycles. The van der Waals surface area contributed by atoms with Gasteiger partial charge < -0.3 is 10.1 Å². The fourth-order valence-electron chi connectivity index (χ4n) is 2.47. The van der Waals surface area contributed by atoms with Crippen LogP contribution in [0.2, 0.25) is 0 Å². The van der Waals surface area contributed by atoms with Gasteiger partial charge in [-0.3, -0.25) is 9.59 Å². The van der Waals surface area contributed by atoms with Crippen LogP contribution in [0.15, 0.2) is 78.9 Å². The summed E-state index contributed by atoms with van der Waals surface area (Å²) in [7, 11) is 0. The van der Waals surface area contributed by atoms with Crippen LogP contribution in [0.3, 0.4) is 0 Å². The molecule has 0 saturated heterocycles. The molecule has 0 fully saturated rings. The third kappa shape index (κ3) is 4.12. The van der Waals surface area contributed by atoms with Gasteiger partial charge in [-0.2, -0.15) is 0 Å². The van der Waals surface area contributed by atoms with E-state index >= 15 is 0 Å². The van der Waals surface area contributed by atoms with Gasteiger partial charge in [-0.05, 0) is 35.4 Å². The van der Waals surface area contributed by atoms with Crippen molar-refractivity contribution >= 4 is 17.6 Å². The van der Waals surface area contributed by atoms with E-state index in [1.807, 2.05) is 54.6 Å². The molecule has 1 amide bonds. The van der Waals surface area contributed by atoms with Crippen LogP contribution in [-0.4, -0.2) is 11.9 Å². The summed E-state index contributed by atoms with van der Waals surface area (Å²) in [6.07, 6.45) is 0. The summed E-state index contributed by atoms with van der Waals surface area (Å²) in [5.41, 5.74) is 3.16. The predicted octanol–water partition coefficient (Wildman–Crippen LogP) is 4.53. The SMILES string of the molecule is CC(=O)Oc1ccccc1C(=O)Nc1ccc(-c2ccccc2)cc1. The van der Waals surface area contributed by atoms with Crippen LogP contribution in [0.4, 0.5) is 5.69 Å². The summed E-state index contributed by atoms with van der Waals surface area (Å²) in [6, 6.07) is 24.2. The van der Waals surface area contributed by atoms with Crippen LogP contribution >= 0.6 is 0 Å². The molecule has 0 atom stereocenters. The molecule has 3 aromatic carbocycles. The van der Waals surface area contributed by atoms with Crippen molar-refractivity contribution in [1.82, 2.24) is 0 Å². The van der Waals surface area contributed by atoms with Gasteiger partial charge in [0, 0.05) is 12.6 Å². The van der Waals surface area contributed by atoms with Crippen molar-refractivity contribution in [1.29, 1.82) is 0 Å². The standard InChI is InChI=1S/C21H17NO3/c1-15(23)25-20-10-6-5-9-19(20)21(24)22-18-13-11-17(12-14-18)16-7-3-2-4-8-16/h2-14H,1H3,(H,22,24). The van der Waals surface area contributed by atoms with E-state index in [1.54, 1.807) is 24.3 Å². The summed E-state index contributed by atoms with van der Waals surface area (Å²) >= 11 is 0. The first kappa shape index (κ1) is 16.5. The van der Waals surface area contributed by atoms with Crippen molar-refractivity contribution in [3.8, 4) is 16.9 Å². The van der Waals surface area contributed by atoms with Crippen molar-refractivity contribution in [2.75, 3.05) is 5.32 Å². The zero-order chi connectivity index (χ0) is 17.6. The Morgan fingerprint density at radius 2 is 1.36 bits per heavy atom. The number of para-hydroxylation sites is 1. The van der Waals surface area contributed by atoms with Gasteiger partial charge in [-0.15, -0.1) is 0 Å². The molecule has 0 spiro atoms. The number of amides is 1. The van der Waals surface area contributed by atoms with Crippen molar-refractivity contribution in [2.45, 2.75) is 6.92 Å². The normalized spacial score (nSPS) is 10.1. The van der Waals surface area contributed by atoms with Crippen molar-refractivity contribution < 1.29 is 14.3 Å². The summed E-state index contributed by atoms with van der Waals surface area (Å²) in [4.78, 5) is 23.6. The van der Waals surface area contributed by atoms with Gasteiger partial charge in [0.2, 0.25) is 0 Å². The largest absolute Gasteiger partial charge is 0.426 e.